The fourth-order valence-corrected chi connectivity index (χ4v) is 4.36. The summed E-state index contributed by atoms with van der Waals surface area (Å²) in [5, 5.41) is 3.19. The smallest absolute Gasteiger partial charge is 0.256 e. The van der Waals surface area contributed by atoms with E-state index >= 15 is 0 Å². The van der Waals surface area contributed by atoms with Crippen molar-refractivity contribution in [1.29, 1.82) is 0 Å². The third-order valence-corrected chi connectivity index (χ3v) is 6.33. The maximum absolute atomic E-state index is 13.6. The van der Waals surface area contributed by atoms with Gasteiger partial charge in [0.15, 0.2) is 5.11 Å². The van der Waals surface area contributed by atoms with E-state index in [1.807, 2.05) is 24.3 Å². The number of amides is 2. The fourth-order valence-electron chi connectivity index (χ4n) is 3.97. The number of rotatable bonds is 9. The van der Waals surface area contributed by atoms with Crippen LogP contribution in [0.4, 0.5) is 11.4 Å². The molecule has 3 aromatic rings. The number of nitrogens with one attached hydrogen (secondary N) is 1. The molecule has 186 valence electrons. The number of nitrogens with zero attached hydrogens (tertiary/aromatic N) is 2. The predicted molar refractivity (Wildman–Crippen MR) is 142 cm³/mol. The Balaban J connectivity index is 1.58. The summed E-state index contributed by atoms with van der Waals surface area (Å²) in [5.41, 5.74) is 2.16. The highest BCUT2D eigenvalue weighted by atomic mass is 32.1. The number of hydrogen-bond donors (Lipinski definition) is 1. The fraction of sp³-hybridized carbons (Fsp3) is 0.222. The third kappa shape index (κ3) is 5.41. The molecule has 9 heteroatoms. The van der Waals surface area contributed by atoms with Crippen molar-refractivity contribution in [3.05, 3.63) is 78.4 Å². The Morgan fingerprint density at radius 2 is 1.33 bits per heavy atom. The van der Waals surface area contributed by atoms with Crippen LogP contribution in [0.5, 0.6) is 17.2 Å². The van der Waals surface area contributed by atoms with E-state index in [4.69, 9.17) is 26.4 Å². The van der Waals surface area contributed by atoms with E-state index in [2.05, 4.69) is 5.32 Å². The molecule has 1 fully saturated rings. The lowest BCUT2D eigenvalue weighted by Gasteiger charge is -2.24. The number of thiocarbonyl (C=S) groups is 1. The zero-order valence-corrected chi connectivity index (χ0v) is 21.1. The standard InChI is InChI=1S/C27H27N3O5S/c1-33-21-10-4-18(5-11-21)17-29-24(16-25(31)28-19-6-12-22(34-2)13-7-19)26(32)30(27(29)36)20-8-14-23(35-3)15-9-20/h4-15,24H,16-17H2,1-3H3,(H,28,31)/t24-/m0/s1. The van der Waals surface area contributed by atoms with E-state index in [-0.39, 0.29) is 18.2 Å². The molecule has 3 aromatic carbocycles. The van der Waals surface area contributed by atoms with Crippen molar-refractivity contribution in [1.82, 2.24) is 4.90 Å². The highest BCUT2D eigenvalue weighted by molar-refractivity contribution is 7.80. The van der Waals surface area contributed by atoms with Crippen LogP contribution in [0.1, 0.15) is 12.0 Å². The molecule has 1 aliphatic heterocycles. The van der Waals surface area contributed by atoms with Gasteiger partial charge in [0.05, 0.1) is 33.4 Å². The molecule has 0 aromatic heterocycles. The second kappa shape index (κ2) is 11.1. The Hall–Kier alpha value is -4.11. The zero-order valence-electron chi connectivity index (χ0n) is 20.3. The number of benzene rings is 3. The van der Waals surface area contributed by atoms with Gasteiger partial charge in [-0.2, -0.15) is 0 Å². The molecule has 4 rings (SSSR count). The molecule has 0 unspecified atom stereocenters. The average Bonchev–Trinajstić information content (AvgIpc) is 3.13. The molecule has 0 radical (unpaired) electrons. The molecule has 1 N–H and O–H groups in total. The van der Waals surface area contributed by atoms with Crippen LogP contribution in [0.2, 0.25) is 0 Å². The topological polar surface area (TPSA) is 80.3 Å². The molecule has 2 amide bonds. The minimum atomic E-state index is -0.764. The number of ether oxygens (including phenoxy) is 3. The van der Waals surface area contributed by atoms with Crippen molar-refractivity contribution in [3.63, 3.8) is 0 Å². The molecule has 0 saturated carbocycles. The van der Waals surface area contributed by atoms with Gasteiger partial charge in [-0.25, -0.2) is 0 Å². The second-order valence-corrected chi connectivity index (χ2v) is 8.49. The Morgan fingerprint density at radius 3 is 1.86 bits per heavy atom. The van der Waals surface area contributed by atoms with Crippen LogP contribution in [0.15, 0.2) is 72.8 Å². The van der Waals surface area contributed by atoms with Crippen molar-refractivity contribution in [2.45, 2.75) is 19.0 Å². The van der Waals surface area contributed by atoms with Crippen LogP contribution in [-0.4, -0.2) is 49.2 Å². The Kier molecular flexibility index (Phi) is 7.70. The van der Waals surface area contributed by atoms with E-state index in [0.717, 1.165) is 11.3 Å². The van der Waals surface area contributed by atoms with Crippen LogP contribution in [-0.2, 0) is 16.1 Å². The molecule has 0 bridgehead atoms. The number of hydrogen-bond acceptors (Lipinski definition) is 6. The molecule has 1 heterocycles. The summed E-state index contributed by atoms with van der Waals surface area (Å²) in [7, 11) is 4.76. The second-order valence-electron chi connectivity index (χ2n) is 8.13. The van der Waals surface area contributed by atoms with Gasteiger partial charge in [-0.1, -0.05) is 12.1 Å². The van der Waals surface area contributed by atoms with E-state index in [0.29, 0.717) is 34.5 Å². The summed E-state index contributed by atoms with van der Waals surface area (Å²) >= 11 is 5.75. The van der Waals surface area contributed by atoms with Gasteiger partial charge in [-0.3, -0.25) is 14.5 Å². The average molecular weight is 506 g/mol. The normalized spacial score (nSPS) is 15.1. The first-order chi connectivity index (χ1) is 17.4. The van der Waals surface area contributed by atoms with Gasteiger partial charge in [-0.15, -0.1) is 0 Å². The van der Waals surface area contributed by atoms with Gasteiger partial charge < -0.3 is 24.4 Å². The van der Waals surface area contributed by atoms with Crippen molar-refractivity contribution in [2.75, 3.05) is 31.5 Å². The number of methoxy groups -OCH3 is 3. The monoisotopic (exact) mass is 505 g/mol. The first-order valence-electron chi connectivity index (χ1n) is 11.3. The van der Waals surface area contributed by atoms with Gasteiger partial charge in [0.1, 0.15) is 23.3 Å². The van der Waals surface area contributed by atoms with Gasteiger partial charge in [-0.05, 0) is 78.4 Å². The van der Waals surface area contributed by atoms with E-state index in [1.165, 1.54) is 4.90 Å². The molecule has 0 spiro atoms. The number of anilines is 2. The molecule has 36 heavy (non-hydrogen) atoms. The summed E-state index contributed by atoms with van der Waals surface area (Å²) in [6.07, 6.45) is -0.0617. The van der Waals surface area contributed by atoms with Crippen LogP contribution in [0.25, 0.3) is 0 Å². The van der Waals surface area contributed by atoms with Crippen molar-refractivity contribution >= 4 is 40.5 Å². The molecule has 1 saturated heterocycles. The van der Waals surface area contributed by atoms with E-state index in [1.54, 1.807) is 74.8 Å². The summed E-state index contributed by atoms with van der Waals surface area (Å²) in [6.45, 7) is 0.363. The zero-order chi connectivity index (χ0) is 25.7. The SMILES string of the molecule is COc1ccc(CN2C(=S)N(c3ccc(OC)cc3)C(=O)[C@@H]2CC(=O)Nc2ccc(OC)cc2)cc1. The lowest BCUT2D eigenvalue weighted by atomic mass is 10.1. The van der Waals surface area contributed by atoms with Crippen molar-refractivity contribution in [3.8, 4) is 17.2 Å². The summed E-state index contributed by atoms with van der Waals surface area (Å²) in [4.78, 5) is 29.8. The lowest BCUT2D eigenvalue weighted by Crippen LogP contribution is -2.37. The van der Waals surface area contributed by atoms with E-state index < -0.39 is 6.04 Å². The number of carbonyl (C=O) groups is 2. The highest BCUT2D eigenvalue weighted by Crippen LogP contribution is 2.30. The van der Waals surface area contributed by atoms with Gasteiger partial charge in [0, 0.05) is 12.2 Å². The molecule has 8 nitrogen and oxygen atoms in total. The Morgan fingerprint density at radius 1 is 0.833 bits per heavy atom. The third-order valence-electron chi connectivity index (χ3n) is 5.91. The summed E-state index contributed by atoms with van der Waals surface area (Å²) in [6, 6.07) is 20.8. The quantitative estimate of drug-likeness (QED) is 0.436. The van der Waals surface area contributed by atoms with Crippen LogP contribution in [0, 0.1) is 0 Å². The Bertz CT molecular complexity index is 1230. The van der Waals surface area contributed by atoms with E-state index in [9.17, 15) is 9.59 Å². The molecular weight excluding hydrogens is 478 g/mol. The Labute approximate surface area is 215 Å². The number of carbonyl (C=O) groups excluding carboxylic acids is 2. The summed E-state index contributed by atoms with van der Waals surface area (Å²) < 4.78 is 15.6. The van der Waals surface area contributed by atoms with Gasteiger partial charge in [0.25, 0.3) is 5.91 Å². The molecular formula is C27H27N3O5S. The minimum absolute atomic E-state index is 0.0617. The highest BCUT2D eigenvalue weighted by Gasteiger charge is 2.44. The first-order valence-corrected chi connectivity index (χ1v) is 11.7. The predicted octanol–water partition coefficient (Wildman–Crippen LogP) is 4.24. The molecule has 1 aliphatic rings. The molecule has 1 atom stereocenters. The van der Waals surface area contributed by atoms with Crippen LogP contribution < -0.4 is 24.4 Å². The largest absolute Gasteiger partial charge is 0.497 e. The van der Waals surface area contributed by atoms with Crippen molar-refractivity contribution < 1.29 is 23.8 Å². The van der Waals surface area contributed by atoms with Gasteiger partial charge >= 0.3 is 0 Å². The minimum Gasteiger partial charge on any atom is -0.497 e. The van der Waals surface area contributed by atoms with Gasteiger partial charge in [0.2, 0.25) is 5.91 Å². The lowest BCUT2D eigenvalue weighted by molar-refractivity contribution is -0.124. The van der Waals surface area contributed by atoms with Crippen LogP contribution in [0.3, 0.4) is 0 Å². The molecule has 0 aliphatic carbocycles. The maximum atomic E-state index is 13.6. The summed E-state index contributed by atoms with van der Waals surface area (Å²) in [5.74, 6) is 1.53. The van der Waals surface area contributed by atoms with Crippen molar-refractivity contribution in [2.24, 2.45) is 0 Å². The maximum Gasteiger partial charge on any atom is 0.256 e. The van der Waals surface area contributed by atoms with Crippen LogP contribution >= 0.6 is 12.2 Å². The first kappa shape index (κ1) is 25.0.